The number of hydrogen-bond acceptors (Lipinski definition) is 4. The molecule has 0 unspecified atom stereocenters. The van der Waals surface area contributed by atoms with Crippen molar-refractivity contribution in [3.8, 4) is 0 Å². The van der Waals surface area contributed by atoms with Crippen molar-refractivity contribution in [2.24, 2.45) is 4.52 Å². The lowest BCUT2D eigenvalue weighted by Crippen LogP contribution is -2.19. The van der Waals surface area contributed by atoms with Gasteiger partial charge >= 0.3 is 15.3 Å². The van der Waals surface area contributed by atoms with Crippen molar-refractivity contribution in [2.45, 2.75) is 20.8 Å². The molecule has 0 aromatic heterocycles. The minimum Gasteiger partial charge on any atom is -0.303 e. The fraction of sp³-hybridized carbons (Fsp3) is 1.00. The summed E-state index contributed by atoms with van der Waals surface area (Å²) in [5.41, 5.74) is 0. The van der Waals surface area contributed by atoms with Crippen LogP contribution in [0.5, 0.6) is 0 Å². The predicted octanol–water partition coefficient (Wildman–Crippen LogP) is 3.27. The maximum absolute atomic E-state index is 12.9. The Bertz CT molecular complexity index is 325. The van der Waals surface area contributed by atoms with Crippen LogP contribution in [0.2, 0.25) is 0 Å². The van der Waals surface area contributed by atoms with E-state index < -0.39 is 15.3 Å². The van der Waals surface area contributed by atoms with E-state index in [1.54, 1.807) is 37.5 Å². The molecule has 0 saturated carbocycles. The third-order valence-electron chi connectivity index (χ3n) is 2.14. The Hall–Kier alpha value is 0.260. The molecule has 0 aromatic carbocycles. The second-order valence-corrected chi connectivity index (χ2v) is 9.07. The van der Waals surface area contributed by atoms with Crippen LogP contribution in [0.1, 0.15) is 20.8 Å². The van der Waals surface area contributed by atoms with E-state index in [4.69, 9.17) is 13.6 Å². The van der Waals surface area contributed by atoms with Crippen LogP contribution >= 0.6 is 15.3 Å². The van der Waals surface area contributed by atoms with Crippen LogP contribution in [0.15, 0.2) is 4.52 Å². The van der Waals surface area contributed by atoms with Crippen molar-refractivity contribution >= 4 is 15.3 Å². The Labute approximate surface area is 117 Å². The Morgan fingerprint density at radius 2 is 1.16 bits per heavy atom. The summed E-state index contributed by atoms with van der Waals surface area (Å²) in [4.78, 5) is 0. The van der Waals surface area contributed by atoms with Gasteiger partial charge in [-0.2, -0.15) is 0 Å². The smallest absolute Gasteiger partial charge is 0.303 e. The van der Waals surface area contributed by atoms with Crippen LogP contribution in [-0.2, 0) is 18.1 Å². The van der Waals surface area contributed by atoms with Crippen molar-refractivity contribution in [3.63, 3.8) is 0 Å². The van der Waals surface area contributed by atoms with Gasteiger partial charge in [-0.05, 0) is 49.0 Å². The van der Waals surface area contributed by atoms with E-state index in [-0.39, 0.29) is 0 Å². The lowest BCUT2D eigenvalue weighted by atomic mass is 10.9. The molecule has 0 N–H and O–H groups in total. The van der Waals surface area contributed by atoms with E-state index in [0.29, 0.717) is 19.8 Å². The molecule has 7 nitrogen and oxygen atoms in total. The molecule has 0 amide bonds. The van der Waals surface area contributed by atoms with Gasteiger partial charge in [0.25, 0.3) is 0 Å². The highest BCUT2D eigenvalue weighted by atomic mass is 31.2. The fourth-order valence-electron chi connectivity index (χ4n) is 1.34. The van der Waals surface area contributed by atoms with Gasteiger partial charge in [0.05, 0.1) is 19.8 Å². The Kier molecular flexibility index (Phi) is 8.64. The SMILES string of the molecule is CCOP(=NP(=O)(N(C)C)N(C)C)(OCC)OCC. The molecule has 0 radical (unpaired) electrons. The normalized spacial score (nSPS) is 13.3. The monoisotopic (exact) mass is 315 g/mol. The van der Waals surface area contributed by atoms with Crippen LogP contribution in [0.3, 0.4) is 0 Å². The summed E-state index contributed by atoms with van der Waals surface area (Å²) in [7, 11) is 0.790. The van der Waals surface area contributed by atoms with Gasteiger partial charge in [0.15, 0.2) is 0 Å². The summed E-state index contributed by atoms with van der Waals surface area (Å²) in [6.07, 6.45) is 0. The third kappa shape index (κ3) is 5.27. The van der Waals surface area contributed by atoms with Gasteiger partial charge < -0.3 is 13.6 Å². The molecule has 9 heteroatoms. The third-order valence-corrected chi connectivity index (χ3v) is 7.79. The maximum atomic E-state index is 12.9. The van der Waals surface area contributed by atoms with Gasteiger partial charge in [-0.1, -0.05) is 0 Å². The van der Waals surface area contributed by atoms with Gasteiger partial charge in [-0.3, -0.25) is 4.57 Å². The standard InChI is InChI=1S/C10H27N3O4P2/c1-8-15-19(16-9-2,17-10-3)11-18(14,12(4)5)13(6)7/h8-10H2,1-7H3. The maximum Gasteiger partial charge on any atom is 0.363 e. The summed E-state index contributed by atoms with van der Waals surface area (Å²) in [5.74, 6) is 0. The van der Waals surface area contributed by atoms with Crippen LogP contribution in [-0.4, -0.2) is 57.4 Å². The molecule has 0 rings (SSSR count). The highest BCUT2D eigenvalue weighted by Gasteiger charge is 2.35. The van der Waals surface area contributed by atoms with Crippen molar-refractivity contribution in [1.82, 2.24) is 9.34 Å². The first-order chi connectivity index (χ1) is 8.78. The second-order valence-electron chi connectivity index (χ2n) is 4.02. The van der Waals surface area contributed by atoms with Crippen molar-refractivity contribution in [2.75, 3.05) is 48.0 Å². The van der Waals surface area contributed by atoms with Crippen molar-refractivity contribution in [3.05, 3.63) is 0 Å². The van der Waals surface area contributed by atoms with Gasteiger partial charge in [-0.15, -0.1) is 4.52 Å². The van der Waals surface area contributed by atoms with E-state index in [2.05, 4.69) is 4.52 Å². The molecule has 0 aliphatic rings. The van der Waals surface area contributed by atoms with E-state index in [0.717, 1.165) is 0 Å². The highest BCUT2D eigenvalue weighted by molar-refractivity contribution is 7.66. The van der Waals surface area contributed by atoms with Gasteiger partial charge in [-0.25, -0.2) is 9.34 Å². The minimum absolute atomic E-state index is 0.387. The lowest BCUT2D eigenvalue weighted by Gasteiger charge is -2.30. The van der Waals surface area contributed by atoms with Gasteiger partial charge in [0.2, 0.25) is 0 Å². The lowest BCUT2D eigenvalue weighted by molar-refractivity contribution is 0.163. The summed E-state index contributed by atoms with van der Waals surface area (Å²) in [6.45, 7) is 6.66. The Morgan fingerprint density at radius 3 is 1.37 bits per heavy atom. The van der Waals surface area contributed by atoms with Crippen LogP contribution in [0.25, 0.3) is 0 Å². The molecular formula is C10H27N3O4P2. The molecule has 0 spiro atoms. The molecule has 0 heterocycles. The molecular weight excluding hydrogens is 288 g/mol. The van der Waals surface area contributed by atoms with Gasteiger partial charge in [0, 0.05) is 0 Å². The first-order valence-corrected chi connectivity index (χ1v) is 9.37. The van der Waals surface area contributed by atoms with Crippen molar-refractivity contribution < 1.29 is 18.1 Å². The first kappa shape index (κ1) is 19.3. The zero-order valence-corrected chi connectivity index (χ0v) is 14.8. The molecule has 0 bridgehead atoms. The Balaban J connectivity index is 5.77. The summed E-state index contributed by atoms with van der Waals surface area (Å²) < 4.78 is 37.2. The topological polar surface area (TPSA) is 63.6 Å². The summed E-state index contributed by atoms with van der Waals surface area (Å²) in [6, 6.07) is 0. The average Bonchev–Trinajstić information content (AvgIpc) is 2.29. The van der Waals surface area contributed by atoms with E-state index in [1.807, 2.05) is 20.8 Å². The van der Waals surface area contributed by atoms with Crippen LogP contribution in [0.4, 0.5) is 0 Å². The van der Waals surface area contributed by atoms with Crippen molar-refractivity contribution in [1.29, 1.82) is 0 Å². The van der Waals surface area contributed by atoms with Crippen LogP contribution in [0, 0.1) is 0 Å². The molecule has 0 aliphatic carbocycles. The second kappa shape index (κ2) is 8.53. The summed E-state index contributed by atoms with van der Waals surface area (Å²) >= 11 is 0. The van der Waals surface area contributed by atoms with E-state index in [9.17, 15) is 4.57 Å². The van der Waals surface area contributed by atoms with E-state index in [1.165, 1.54) is 0 Å². The Morgan fingerprint density at radius 1 is 0.842 bits per heavy atom. The molecule has 0 fully saturated rings. The molecule has 19 heavy (non-hydrogen) atoms. The zero-order valence-electron chi connectivity index (χ0n) is 13.0. The fourth-order valence-corrected chi connectivity index (χ4v) is 6.30. The molecule has 116 valence electrons. The largest absolute Gasteiger partial charge is 0.363 e. The molecule has 0 saturated heterocycles. The minimum atomic E-state index is -3.11. The molecule has 0 aromatic rings. The first-order valence-electron chi connectivity index (χ1n) is 6.31. The number of hydrogen-bond donors (Lipinski definition) is 0. The van der Waals surface area contributed by atoms with Gasteiger partial charge in [0.1, 0.15) is 0 Å². The number of rotatable bonds is 9. The average molecular weight is 315 g/mol. The summed E-state index contributed by atoms with van der Waals surface area (Å²) in [5, 5.41) is 0. The molecule has 0 atom stereocenters. The highest BCUT2D eigenvalue weighted by Crippen LogP contribution is 2.65. The van der Waals surface area contributed by atoms with E-state index >= 15 is 0 Å². The quantitative estimate of drug-likeness (QED) is 0.609. The zero-order chi connectivity index (χ0) is 15.1. The number of nitrogens with zero attached hydrogens (tertiary/aromatic N) is 3. The predicted molar refractivity (Wildman–Crippen MR) is 79.2 cm³/mol. The molecule has 0 aliphatic heterocycles. The van der Waals surface area contributed by atoms with Crippen LogP contribution < -0.4 is 0 Å².